The third-order valence-corrected chi connectivity index (χ3v) is 6.24. The van der Waals surface area contributed by atoms with Gasteiger partial charge in [-0.1, -0.05) is 0 Å². The lowest BCUT2D eigenvalue weighted by Gasteiger charge is -2.48. The molecule has 3 aliphatic rings. The average molecular weight is 411 g/mol. The highest BCUT2D eigenvalue weighted by Crippen LogP contribution is 2.37. The zero-order valence-corrected chi connectivity index (χ0v) is 15.9. The summed E-state index contributed by atoms with van der Waals surface area (Å²) >= 11 is 0. The molecule has 2 bridgehead atoms. The molecule has 3 aromatic rings. The number of aromatic nitrogens is 1. The van der Waals surface area contributed by atoms with Gasteiger partial charge in [0.2, 0.25) is 5.43 Å². The van der Waals surface area contributed by atoms with Crippen molar-refractivity contribution in [2.75, 3.05) is 13.1 Å². The summed E-state index contributed by atoms with van der Waals surface area (Å²) < 4.78 is 30.2. The lowest BCUT2D eigenvalue weighted by atomic mass is 9.77. The summed E-state index contributed by atoms with van der Waals surface area (Å²) in [7, 11) is 0. The van der Waals surface area contributed by atoms with Crippen LogP contribution < -0.4 is 16.1 Å². The quantitative estimate of drug-likeness (QED) is 0.617. The van der Waals surface area contributed by atoms with Crippen LogP contribution in [0.1, 0.15) is 28.8 Å². The third-order valence-electron chi connectivity index (χ3n) is 6.24. The Balaban J connectivity index is 1.81. The van der Waals surface area contributed by atoms with Crippen molar-refractivity contribution in [1.29, 1.82) is 0 Å². The van der Waals surface area contributed by atoms with Gasteiger partial charge in [0.1, 0.15) is 17.2 Å². The van der Waals surface area contributed by atoms with E-state index in [1.54, 1.807) is 6.07 Å². The fraction of sp³-hybridized carbons (Fsp3) is 0.273. The van der Waals surface area contributed by atoms with Gasteiger partial charge in [-0.05, 0) is 49.2 Å². The molecular weight excluding hydrogens is 392 g/mol. The summed E-state index contributed by atoms with van der Waals surface area (Å²) in [6, 6.07) is 8.56. The fourth-order valence-corrected chi connectivity index (χ4v) is 4.58. The number of hydrogen-bond donors (Lipinski definition) is 3. The minimum Gasteiger partial charge on any atom is -0.477 e. The van der Waals surface area contributed by atoms with Crippen LogP contribution in [0, 0.1) is 11.6 Å². The Kier molecular flexibility index (Phi) is 4.23. The van der Waals surface area contributed by atoms with Crippen LogP contribution in [0.5, 0.6) is 0 Å². The van der Waals surface area contributed by atoms with Crippen LogP contribution in [0.2, 0.25) is 0 Å². The van der Waals surface area contributed by atoms with Gasteiger partial charge in [0.05, 0.1) is 11.1 Å². The summed E-state index contributed by atoms with van der Waals surface area (Å²) in [5.41, 5.74) is -0.553. The van der Waals surface area contributed by atoms with E-state index in [2.05, 4.69) is 10.6 Å². The SMILES string of the molecule is O=C(O)c1cn(-c2ccc(F)cc2)c2cc(C34CCC(CN3)NC4)c(F)cc2c1=O. The predicted molar refractivity (Wildman–Crippen MR) is 107 cm³/mol. The van der Waals surface area contributed by atoms with E-state index in [0.717, 1.165) is 25.5 Å². The molecule has 2 unspecified atom stereocenters. The van der Waals surface area contributed by atoms with Crippen LogP contribution in [-0.4, -0.2) is 34.8 Å². The number of nitrogens with one attached hydrogen (secondary N) is 2. The van der Waals surface area contributed by atoms with Crippen molar-refractivity contribution in [1.82, 2.24) is 15.2 Å². The van der Waals surface area contributed by atoms with Crippen molar-refractivity contribution in [2.45, 2.75) is 24.4 Å². The summed E-state index contributed by atoms with van der Waals surface area (Å²) in [6.45, 7) is 1.29. The van der Waals surface area contributed by atoms with Gasteiger partial charge in [-0.25, -0.2) is 13.6 Å². The van der Waals surface area contributed by atoms with Gasteiger partial charge in [0.15, 0.2) is 0 Å². The Morgan fingerprint density at radius 3 is 2.57 bits per heavy atom. The molecule has 2 aromatic carbocycles. The number of rotatable bonds is 3. The second kappa shape index (κ2) is 6.72. The molecule has 154 valence electrons. The first-order chi connectivity index (χ1) is 14.4. The minimum absolute atomic E-state index is 0.0330. The Bertz CT molecular complexity index is 1220. The van der Waals surface area contributed by atoms with Crippen molar-refractivity contribution in [3.63, 3.8) is 0 Å². The highest BCUT2D eigenvalue weighted by Gasteiger charge is 2.43. The lowest BCUT2D eigenvalue weighted by molar-refractivity contribution is 0.0695. The topological polar surface area (TPSA) is 83.4 Å². The number of halogens is 2. The van der Waals surface area contributed by atoms with Gasteiger partial charge in [0, 0.05) is 42.0 Å². The van der Waals surface area contributed by atoms with Crippen LogP contribution in [0.25, 0.3) is 16.6 Å². The van der Waals surface area contributed by atoms with E-state index in [-0.39, 0.29) is 5.39 Å². The molecule has 1 aromatic heterocycles. The summed E-state index contributed by atoms with van der Waals surface area (Å²) in [4.78, 5) is 24.4. The van der Waals surface area contributed by atoms with Crippen LogP contribution in [-0.2, 0) is 5.54 Å². The lowest BCUT2D eigenvalue weighted by Crippen LogP contribution is -2.65. The second-order valence-electron chi connectivity index (χ2n) is 7.95. The monoisotopic (exact) mass is 411 g/mol. The van der Waals surface area contributed by atoms with Crippen molar-refractivity contribution in [2.24, 2.45) is 0 Å². The number of piperidine rings is 2. The van der Waals surface area contributed by atoms with E-state index in [4.69, 9.17) is 0 Å². The number of hydrogen-bond acceptors (Lipinski definition) is 4. The molecule has 0 spiro atoms. The van der Waals surface area contributed by atoms with E-state index in [1.807, 2.05) is 0 Å². The molecule has 2 atom stereocenters. The highest BCUT2D eigenvalue weighted by atomic mass is 19.1. The zero-order valence-electron chi connectivity index (χ0n) is 15.9. The maximum Gasteiger partial charge on any atom is 0.341 e. The Hall–Kier alpha value is -3.10. The molecule has 8 heteroatoms. The van der Waals surface area contributed by atoms with Gasteiger partial charge in [-0.3, -0.25) is 4.79 Å². The first-order valence-corrected chi connectivity index (χ1v) is 9.75. The number of carbonyl (C=O) groups is 1. The number of nitrogens with zero attached hydrogens (tertiary/aromatic N) is 1. The number of aromatic carboxylic acids is 1. The number of fused-ring (bicyclic) bond motifs is 4. The number of carboxylic acid groups (broad SMARTS) is 1. The molecule has 0 amide bonds. The smallest absolute Gasteiger partial charge is 0.341 e. The normalized spacial score (nSPS) is 23.1. The van der Waals surface area contributed by atoms with E-state index in [0.29, 0.717) is 29.4 Å². The summed E-state index contributed by atoms with van der Waals surface area (Å²) in [6.07, 6.45) is 2.87. The molecule has 0 radical (unpaired) electrons. The second-order valence-corrected chi connectivity index (χ2v) is 7.95. The first kappa shape index (κ1) is 18.9. The number of pyridine rings is 1. The molecule has 3 fully saturated rings. The summed E-state index contributed by atoms with van der Waals surface area (Å²) in [5.74, 6) is -2.40. The maximum atomic E-state index is 15.2. The molecular formula is C22H19F2N3O3. The standard InChI is InChI=1S/C22H19F2N3O3/c23-12-1-3-14(4-2-12)27-10-16(21(29)30)20(28)15-7-18(24)17(8-19(15)27)22-6-5-13(9-26-22)25-11-22/h1-4,7-8,10,13,25-26H,5-6,9,11H2,(H,29,30). The van der Waals surface area contributed by atoms with Crippen molar-refractivity contribution >= 4 is 16.9 Å². The minimum atomic E-state index is -1.41. The van der Waals surface area contributed by atoms with E-state index < -0.39 is 34.1 Å². The maximum absolute atomic E-state index is 15.2. The van der Waals surface area contributed by atoms with Gasteiger partial charge >= 0.3 is 5.97 Å². The number of carboxylic acids is 1. The third kappa shape index (κ3) is 2.83. The van der Waals surface area contributed by atoms with Gasteiger partial charge < -0.3 is 20.3 Å². The largest absolute Gasteiger partial charge is 0.477 e. The van der Waals surface area contributed by atoms with Gasteiger partial charge in [-0.2, -0.15) is 0 Å². The molecule has 0 aliphatic carbocycles. The summed E-state index contributed by atoms with van der Waals surface area (Å²) in [5, 5.41) is 16.3. The van der Waals surface area contributed by atoms with E-state index >= 15 is 4.39 Å². The number of benzene rings is 2. The average Bonchev–Trinajstić information content (AvgIpc) is 2.76. The van der Waals surface area contributed by atoms with Crippen LogP contribution in [0.15, 0.2) is 47.4 Å². The van der Waals surface area contributed by atoms with Crippen molar-refractivity contribution in [3.8, 4) is 5.69 Å². The van der Waals surface area contributed by atoms with Crippen LogP contribution in [0.4, 0.5) is 8.78 Å². The Morgan fingerprint density at radius 2 is 1.97 bits per heavy atom. The number of piperazine rings is 1. The fourth-order valence-electron chi connectivity index (χ4n) is 4.58. The van der Waals surface area contributed by atoms with Gasteiger partial charge in [-0.15, -0.1) is 0 Å². The Labute approximate surface area is 170 Å². The van der Waals surface area contributed by atoms with Crippen LogP contribution >= 0.6 is 0 Å². The molecule has 6 rings (SSSR count). The molecule has 3 aliphatic heterocycles. The Morgan fingerprint density at radius 1 is 1.20 bits per heavy atom. The van der Waals surface area contributed by atoms with Crippen molar-refractivity contribution < 1.29 is 18.7 Å². The van der Waals surface area contributed by atoms with E-state index in [1.165, 1.54) is 35.0 Å². The highest BCUT2D eigenvalue weighted by molar-refractivity contribution is 5.93. The molecule has 3 saturated heterocycles. The van der Waals surface area contributed by atoms with Gasteiger partial charge in [0.25, 0.3) is 0 Å². The van der Waals surface area contributed by atoms with Crippen molar-refractivity contribution in [3.05, 3.63) is 75.6 Å². The molecule has 30 heavy (non-hydrogen) atoms. The molecule has 3 N–H and O–H groups in total. The first-order valence-electron chi connectivity index (χ1n) is 9.75. The molecule has 0 saturated carbocycles. The molecule has 6 nitrogen and oxygen atoms in total. The predicted octanol–water partition coefficient (Wildman–Crippen LogP) is 2.52. The van der Waals surface area contributed by atoms with Crippen LogP contribution in [0.3, 0.4) is 0 Å². The van der Waals surface area contributed by atoms with E-state index in [9.17, 15) is 19.1 Å². The molecule has 4 heterocycles. The zero-order chi connectivity index (χ0) is 21.0.